The third-order valence-corrected chi connectivity index (χ3v) is 4.87. The molecular formula is C21H27N5O2. The van der Waals surface area contributed by atoms with Crippen LogP contribution in [-0.4, -0.2) is 50.6 Å². The number of amides is 1. The Bertz CT molecular complexity index is 953. The largest absolute Gasteiger partial charge is 0.496 e. The molecule has 3 aromatic rings. The Morgan fingerprint density at radius 2 is 2.04 bits per heavy atom. The molecule has 0 aliphatic carbocycles. The third-order valence-electron chi connectivity index (χ3n) is 4.87. The molecule has 7 heteroatoms. The van der Waals surface area contributed by atoms with E-state index in [0.29, 0.717) is 23.6 Å². The summed E-state index contributed by atoms with van der Waals surface area (Å²) in [6.07, 6.45) is 3.48. The molecule has 0 bridgehead atoms. The summed E-state index contributed by atoms with van der Waals surface area (Å²) in [5, 5.41) is 4.31. The predicted molar refractivity (Wildman–Crippen MR) is 108 cm³/mol. The van der Waals surface area contributed by atoms with E-state index in [-0.39, 0.29) is 11.8 Å². The zero-order chi connectivity index (χ0) is 20.1. The number of likely N-dealkylation sites (tertiary alicyclic amines) is 1. The molecule has 7 nitrogen and oxygen atoms in total. The van der Waals surface area contributed by atoms with E-state index >= 15 is 0 Å². The van der Waals surface area contributed by atoms with Crippen molar-refractivity contribution in [3.63, 3.8) is 0 Å². The van der Waals surface area contributed by atoms with Gasteiger partial charge in [0, 0.05) is 24.7 Å². The Hall–Kier alpha value is -2.96. The van der Waals surface area contributed by atoms with E-state index in [9.17, 15) is 4.79 Å². The number of rotatable bonds is 3. The van der Waals surface area contributed by atoms with Gasteiger partial charge in [0.1, 0.15) is 12.1 Å². The van der Waals surface area contributed by atoms with Crippen molar-refractivity contribution < 1.29 is 9.53 Å². The fourth-order valence-electron chi connectivity index (χ4n) is 3.64. The minimum atomic E-state index is 0.00719. The highest BCUT2D eigenvalue weighted by molar-refractivity contribution is 5.97. The van der Waals surface area contributed by atoms with Crippen LogP contribution in [-0.2, 0) is 0 Å². The van der Waals surface area contributed by atoms with Crippen molar-refractivity contribution in [3.05, 3.63) is 53.6 Å². The molecule has 1 amide bonds. The third kappa shape index (κ3) is 3.83. The number of para-hydroxylation sites is 1. The topological polar surface area (TPSA) is 72.6 Å². The van der Waals surface area contributed by atoms with Crippen molar-refractivity contribution in [3.8, 4) is 5.75 Å². The number of benzene rings is 1. The van der Waals surface area contributed by atoms with Crippen LogP contribution in [0.1, 0.15) is 54.4 Å². The van der Waals surface area contributed by atoms with Gasteiger partial charge < -0.3 is 9.64 Å². The number of aryl methyl sites for hydroxylation is 1. The zero-order valence-electron chi connectivity index (χ0n) is 16.9. The number of carbonyl (C=O) groups is 1. The van der Waals surface area contributed by atoms with Gasteiger partial charge in [0.15, 0.2) is 0 Å². The van der Waals surface area contributed by atoms with Crippen LogP contribution >= 0.6 is 0 Å². The molecule has 0 spiro atoms. The Morgan fingerprint density at radius 1 is 1.25 bits per heavy atom. The lowest BCUT2D eigenvalue weighted by Gasteiger charge is -2.33. The van der Waals surface area contributed by atoms with E-state index in [1.807, 2.05) is 56.0 Å². The maximum atomic E-state index is 13.0. The van der Waals surface area contributed by atoms with Gasteiger partial charge in [-0.25, -0.2) is 9.50 Å². The number of fused-ring (bicyclic) bond motifs is 1. The maximum absolute atomic E-state index is 13.0. The van der Waals surface area contributed by atoms with Gasteiger partial charge in [0.25, 0.3) is 11.7 Å². The fraction of sp³-hybridized carbons (Fsp3) is 0.429. The lowest BCUT2D eigenvalue weighted by molar-refractivity contribution is 0.0702. The van der Waals surface area contributed by atoms with Gasteiger partial charge >= 0.3 is 0 Å². The van der Waals surface area contributed by atoms with Crippen molar-refractivity contribution in [2.24, 2.45) is 0 Å². The van der Waals surface area contributed by atoms with E-state index in [4.69, 9.17) is 4.74 Å². The van der Waals surface area contributed by atoms with Crippen LogP contribution < -0.4 is 4.74 Å². The molecule has 4 rings (SSSR count). The Kier molecular flexibility index (Phi) is 6.23. The number of ether oxygens (including phenoxy) is 1. The van der Waals surface area contributed by atoms with E-state index in [2.05, 4.69) is 15.1 Å². The van der Waals surface area contributed by atoms with Crippen molar-refractivity contribution >= 4 is 11.7 Å². The van der Waals surface area contributed by atoms with Crippen LogP contribution in [0.15, 0.2) is 36.7 Å². The van der Waals surface area contributed by atoms with Crippen LogP contribution in [0.5, 0.6) is 5.75 Å². The number of nitrogens with zero attached hydrogens (tertiary/aromatic N) is 5. The first kappa shape index (κ1) is 19.8. The Labute approximate surface area is 165 Å². The van der Waals surface area contributed by atoms with Crippen LogP contribution in [0, 0.1) is 6.92 Å². The molecule has 1 aliphatic heterocycles. The second-order valence-corrected chi connectivity index (χ2v) is 6.58. The van der Waals surface area contributed by atoms with Gasteiger partial charge in [-0.05, 0) is 38.0 Å². The lowest BCUT2D eigenvalue weighted by atomic mass is 9.93. The minimum absolute atomic E-state index is 0.00719. The Balaban J connectivity index is 0.00000109. The highest BCUT2D eigenvalue weighted by atomic mass is 16.5. The summed E-state index contributed by atoms with van der Waals surface area (Å²) in [7, 11) is 1.59. The van der Waals surface area contributed by atoms with E-state index in [1.165, 1.54) is 6.33 Å². The summed E-state index contributed by atoms with van der Waals surface area (Å²) < 4.78 is 7.14. The van der Waals surface area contributed by atoms with Crippen LogP contribution in [0.3, 0.4) is 0 Å². The number of methoxy groups -OCH3 is 1. The standard InChI is InChI=1S/C19H21N5O2.C2H6/c1-13-10-16(24-19(22-13)20-12-21-24)14-6-5-9-23(11-14)18(25)15-7-3-4-8-17(15)26-2;1-2/h3-4,7-8,10,12,14H,5-6,9,11H2,1-2H3;1-2H3. The number of carbonyl (C=O) groups excluding carboxylic acids is 1. The highest BCUT2D eigenvalue weighted by Crippen LogP contribution is 2.29. The zero-order valence-corrected chi connectivity index (χ0v) is 16.9. The Morgan fingerprint density at radius 3 is 2.82 bits per heavy atom. The molecule has 1 fully saturated rings. The summed E-state index contributed by atoms with van der Waals surface area (Å²) in [6, 6.07) is 9.42. The molecule has 0 radical (unpaired) electrons. The smallest absolute Gasteiger partial charge is 0.257 e. The fourth-order valence-corrected chi connectivity index (χ4v) is 3.64. The second kappa shape index (κ2) is 8.82. The van der Waals surface area contributed by atoms with Crippen molar-refractivity contribution in [1.29, 1.82) is 0 Å². The monoisotopic (exact) mass is 381 g/mol. The maximum Gasteiger partial charge on any atom is 0.257 e. The molecule has 28 heavy (non-hydrogen) atoms. The molecule has 1 aliphatic rings. The summed E-state index contributed by atoms with van der Waals surface area (Å²) in [4.78, 5) is 23.6. The molecule has 3 heterocycles. The van der Waals surface area contributed by atoms with Gasteiger partial charge in [-0.2, -0.15) is 10.1 Å². The summed E-state index contributed by atoms with van der Waals surface area (Å²) >= 11 is 0. The van der Waals surface area contributed by atoms with E-state index in [1.54, 1.807) is 11.6 Å². The first-order valence-electron chi connectivity index (χ1n) is 9.77. The summed E-state index contributed by atoms with van der Waals surface area (Å²) in [5.74, 6) is 1.42. The van der Waals surface area contributed by atoms with E-state index in [0.717, 1.165) is 30.8 Å². The molecule has 0 N–H and O–H groups in total. The quantitative estimate of drug-likeness (QED) is 0.694. The van der Waals surface area contributed by atoms with Crippen molar-refractivity contribution in [1.82, 2.24) is 24.5 Å². The normalized spacial score (nSPS) is 16.4. The molecule has 2 aromatic heterocycles. The van der Waals surface area contributed by atoms with E-state index < -0.39 is 0 Å². The number of aromatic nitrogens is 4. The molecule has 1 unspecified atom stereocenters. The number of piperidine rings is 1. The lowest BCUT2D eigenvalue weighted by Crippen LogP contribution is -2.39. The summed E-state index contributed by atoms with van der Waals surface area (Å²) in [5.41, 5.74) is 2.57. The highest BCUT2D eigenvalue weighted by Gasteiger charge is 2.28. The average Bonchev–Trinajstić information content (AvgIpc) is 3.22. The predicted octanol–water partition coefficient (Wildman–Crippen LogP) is 3.49. The molecule has 1 aromatic carbocycles. The van der Waals surface area contributed by atoms with Gasteiger partial charge in [0.2, 0.25) is 0 Å². The molecular weight excluding hydrogens is 354 g/mol. The van der Waals surface area contributed by atoms with Gasteiger partial charge in [-0.1, -0.05) is 26.0 Å². The molecule has 1 atom stereocenters. The first-order chi connectivity index (χ1) is 13.7. The molecule has 1 saturated heterocycles. The number of hydrogen-bond acceptors (Lipinski definition) is 5. The number of hydrogen-bond donors (Lipinski definition) is 0. The van der Waals surface area contributed by atoms with Gasteiger partial charge in [0.05, 0.1) is 18.4 Å². The molecule has 0 saturated carbocycles. The average molecular weight is 381 g/mol. The first-order valence-corrected chi connectivity index (χ1v) is 9.77. The van der Waals surface area contributed by atoms with Gasteiger partial charge in [-0.15, -0.1) is 0 Å². The van der Waals surface area contributed by atoms with Crippen molar-refractivity contribution in [2.75, 3.05) is 20.2 Å². The van der Waals surface area contributed by atoms with Crippen LogP contribution in [0.4, 0.5) is 0 Å². The second-order valence-electron chi connectivity index (χ2n) is 6.58. The minimum Gasteiger partial charge on any atom is -0.496 e. The van der Waals surface area contributed by atoms with Crippen LogP contribution in [0.25, 0.3) is 5.78 Å². The van der Waals surface area contributed by atoms with Crippen molar-refractivity contribution in [2.45, 2.75) is 39.5 Å². The van der Waals surface area contributed by atoms with Gasteiger partial charge in [-0.3, -0.25) is 4.79 Å². The molecule has 148 valence electrons. The SMILES string of the molecule is CC.COc1ccccc1C(=O)N1CCCC(c2cc(C)nc3ncnn23)C1. The van der Waals surface area contributed by atoms with Crippen LogP contribution in [0.2, 0.25) is 0 Å². The summed E-state index contributed by atoms with van der Waals surface area (Å²) in [6.45, 7) is 7.35.